The summed E-state index contributed by atoms with van der Waals surface area (Å²) >= 11 is 15.0. The maximum Gasteiger partial charge on any atom is 0.242 e. The number of nitrogens with one attached hydrogen (secondary N) is 1. The molecule has 0 amide bonds. The molecule has 1 aromatic rings. The smallest absolute Gasteiger partial charge is 0.211 e. The Hall–Kier alpha value is 0.190. The van der Waals surface area contributed by atoms with Gasteiger partial charge in [0.05, 0.1) is 5.02 Å². The van der Waals surface area contributed by atoms with Crippen LogP contribution in [0.5, 0.6) is 0 Å². The van der Waals surface area contributed by atoms with Crippen LogP contribution in [0.3, 0.4) is 0 Å². The molecule has 0 bridgehead atoms. The summed E-state index contributed by atoms with van der Waals surface area (Å²) in [6.45, 7) is 2.35. The average Bonchev–Trinajstić information content (AvgIpc) is 2.30. The molecule has 0 aliphatic heterocycles. The third-order valence-electron chi connectivity index (χ3n) is 2.41. The standard InChI is InChI=1S/C11H14BrCl2NO2S/c1-8(4-5-12)7-15-18(16,17)11-6-9(13)2-3-10(11)14/h2-3,6,8,15H,4-5,7H2,1H3. The molecule has 0 saturated heterocycles. The van der Waals surface area contributed by atoms with Gasteiger partial charge in [-0.25, -0.2) is 13.1 Å². The Morgan fingerprint density at radius 2 is 2.06 bits per heavy atom. The SMILES string of the molecule is CC(CCBr)CNS(=O)(=O)c1cc(Cl)ccc1Cl. The molecular weight excluding hydrogens is 361 g/mol. The molecule has 1 rings (SSSR count). The van der Waals surface area contributed by atoms with Crippen LogP contribution in [0, 0.1) is 5.92 Å². The van der Waals surface area contributed by atoms with Crippen molar-refractivity contribution in [1.82, 2.24) is 4.72 Å². The van der Waals surface area contributed by atoms with E-state index in [0.717, 1.165) is 11.8 Å². The Morgan fingerprint density at radius 3 is 2.67 bits per heavy atom. The molecule has 1 aromatic carbocycles. The summed E-state index contributed by atoms with van der Waals surface area (Å²) in [5.41, 5.74) is 0. The van der Waals surface area contributed by atoms with Gasteiger partial charge in [0.25, 0.3) is 0 Å². The summed E-state index contributed by atoms with van der Waals surface area (Å²) in [4.78, 5) is 0.0164. The Morgan fingerprint density at radius 1 is 1.39 bits per heavy atom. The van der Waals surface area contributed by atoms with Gasteiger partial charge in [0.15, 0.2) is 0 Å². The van der Waals surface area contributed by atoms with Crippen molar-refractivity contribution in [2.45, 2.75) is 18.2 Å². The van der Waals surface area contributed by atoms with Gasteiger partial charge in [-0.3, -0.25) is 0 Å². The van der Waals surface area contributed by atoms with Gasteiger partial charge < -0.3 is 0 Å². The molecule has 1 unspecified atom stereocenters. The second-order valence-electron chi connectivity index (χ2n) is 4.01. The second-order valence-corrected chi connectivity index (χ2v) is 7.38. The van der Waals surface area contributed by atoms with Gasteiger partial charge in [-0.15, -0.1) is 0 Å². The van der Waals surface area contributed by atoms with Gasteiger partial charge in [-0.1, -0.05) is 46.1 Å². The van der Waals surface area contributed by atoms with E-state index < -0.39 is 10.0 Å². The van der Waals surface area contributed by atoms with E-state index >= 15 is 0 Å². The monoisotopic (exact) mass is 373 g/mol. The fourth-order valence-electron chi connectivity index (χ4n) is 1.30. The molecule has 0 aliphatic carbocycles. The molecule has 0 aliphatic rings. The molecule has 1 N–H and O–H groups in total. The van der Waals surface area contributed by atoms with Crippen molar-refractivity contribution < 1.29 is 8.42 Å². The molecule has 102 valence electrons. The van der Waals surface area contributed by atoms with E-state index in [2.05, 4.69) is 20.7 Å². The molecule has 0 aromatic heterocycles. The zero-order valence-electron chi connectivity index (χ0n) is 9.79. The van der Waals surface area contributed by atoms with E-state index in [-0.39, 0.29) is 15.8 Å². The van der Waals surface area contributed by atoms with Crippen molar-refractivity contribution in [1.29, 1.82) is 0 Å². The fourth-order valence-corrected chi connectivity index (χ4v) is 4.01. The predicted octanol–water partition coefficient (Wildman–Crippen LogP) is 3.69. The van der Waals surface area contributed by atoms with Crippen molar-refractivity contribution in [3.05, 3.63) is 28.2 Å². The topological polar surface area (TPSA) is 46.2 Å². The normalized spacial score (nSPS) is 13.6. The zero-order valence-corrected chi connectivity index (χ0v) is 13.7. The molecule has 0 fully saturated rings. The van der Waals surface area contributed by atoms with Gasteiger partial charge in [-0.2, -0.15) is 0 Å². The quantitative estimate of drug-likeness (QED) is 0.771. The predicted molar refractivity (Wildman–Crippen MR) is 79.2 cm³/mol. The molecule has 0 spiro atoms. The summed E-state index contributed by atoms with van der Waals surface area (Å²) in [6, 6.07) is 4.37. The van der Waals surface area contributed by atoms with Crippen LogP contribution >= 0.6 is 39.1 Å². The Kier molecular flexibility index (Phi) is 6.41. The fraction of sp³-hybridized carbons (Fsp3) is 0.455. The van der Waals surface area contributed by atoms with E-state index in [1.165, 1.54) is 12.1 Å². The van der Waals surface area contributed by atoms with Crippen molar-refractivity contribution in [2.24, 2.45) is 5.92 Å². The first-order valence-corrected chi connectivity index (χ1v) is 8.73. The number of halogens is 3. The summed E-state index contributed by atoms with van der Waals surface area (Å²) in [7, 11) is -3.61. The van der Waals surface area contributed by atoms with Gasteiger partial charge in [0.2, 0.25) is 10.0 Å². The number of benzene rings is 1. The number of rotatable bonds is 6. The van der Waals surface area contributed by atoms with E-state index in [0.29, 0.717) is 11.6 Å². The lowest BCUT2D eigenvalue weighted by atomic mass is 10.1. The molecule has 3 nitrogen and oxygen atoms in total. The minimum absolute atomic E-state index is 0.0164. The number of hydrogen-bond acceptors (Lipinski definition) is 2. The van der Waals surface area contributed by atoms with Crippen LogP contribution in [0.4, 0.5) is 0 Å². The van der Waals surface area contributed by atoms with Gasteiger partial charge in [-0.05, 0) is 30.5 Å². The van der Waals surface area contributed by atoms with Crippen LogP contribution in [0.25, 0.3) is 0 Å². The zero-order chi connectivity index (χ0) is 13.8. The number of alkyl halides is 1. The molecular formula is C11H14BrCl2NO2S. The lowest BCUT2D eigenvalue weighted by molar-refractivity contribution is 0.532. The first-order valence-electron chi connectivity index (χ1n) is 5.37. The highest BCUT2D eigenvalue weighted by Crippen LogP contribution is 2.24. The highest BCUT2D eigenvalue weighted by atomic mass is 79.9. The maximum absolute atomic E-state index is 12.0. The van der Waals surface area contributed by atoms with E-state index in [9.17, 15) is 8.42 Å². The number of hydrogen-bond donors (Lipinski definition) is 1. The van der Waals surface area contributed by atoms with Crippen molar-refractivity contribution in [3.63, 3.8) is 0 Å². The van der Waals surface area contributed by atoms with E-state index in [1.807, 2.05) is 6.92 Å². The lowest BCUT2D eigenvalue weighted by Gasteiger charge is -2.12. The molecule has 0 saturated carbocycles. The highest BCUT2D eigenvalue weighted by molar-refractivity contribution is 9.09. The van der Waals surface area contributed by atoms with Gasteiger partial charge in [0.1, 0.15) is 4.90 Å². The van der Waals surface area contributed by atoms with Gasteiger partial charge in [0, 0.05) is 16.9 Å². The van der Waals surface area contributed by atoms with Crippen molar-refractivity contribution in [2.75, 3.05) is 11.9 Å². The van der Waals surface area contributed by atoms with E-state index in [4.69, 9.17) is 23.2 Å². The Labute approximate surface area is 126 Å². The van der Waals surface area contributed by atoms with Gasteiger partial charge >= 0.3 is 0 Å². The third-order valence-corrected chi connectivity index (χ3v) is 5.00. The average molecular weight is 375 g/mol. The summed E-state index contributed by atoms with van der Waals surface area (Å²) in [5.74, 6) is 0.247. The van der Waals surface area contributed by atoms with Crippen LogP contribution in [0.15, 0.2) is 23.1 Å². The summed E-state index contributed by atoms with van der Waals surface area (Å²) in [6.07, 6.45) is 0.895. The van der Waals surface area contributed by atoms with Crippen LogP contribution < -0.4 is 4.72 Å². The number of sulfonamides is 1. The first kappa shape index (κ1) is 16.2. The van der Waals surface area contributed by atoms with E-state index in [1.54, 1.807) is 6.07 Å². The second kappa shape index (κ2) is 7.10. The Balaban J connectivity index is 2.83. The molecule has 1 atom stereocenters. The molecule has 7 heteroatoms. The van der Waals surface area contributed by atoms with Crippen molar-refractivity contribution >= 4 is 49.2 Å². The first-order chi connectivity index (χ1) is 8.36. The van der Waals surface area contributed by atoms with Crippen LogP contribution in [-0.2, 0) is 10.0 Å². The van der Waals surface area contributed by atoms with Crippen LogP contribution in [0.2, 0.25) is 10.0 Å². The lowest BCUT2D eigenvalue weighted by Crippen LogP contribution is -2.28. The minimum Gasteiger partial charge on any atom is -0.211 e. The van der Waals surface area contributed by atoms with Crippen molar-refractivity contribution in [3.8, 4) is 0 Å². The highest BCUT2D eigenvalue weighted by Gasteiger charge is 2.18. The maximum atomic E-state index is 12.0. The molecule has 18 heavy (non-hydrogen) atoms. The largest absolute Gasteiger partial charge is 0.242 e. The third kappa shape index (κ3) is 4.70. The summed E-state index contributed by atoms with van der Waals surface area (Å²) in [5, 5.41) is 1.35. The Bertz CT molecular complexity index is 508. The van der Waals surface area contributed by atoms with Crippen LogP contribution in [0.1, 0.15) is 13.3 Å². The molecule has 0 heterocycles. The summed E-state index contributed by atoms with van der Waals surface area (Å²) < 4.78 is 26.6. The van der Waals surface area contributed by atoms with Crippen LogP contribution in [-0.4, -0.2) is 20.3 Å². The molecule has 0 radical (unpaired) electrons. The minimum atomic E-state index is -3.61.